The van der Waals surface area contributed by atoms with Gasteiger partial charge in [0.15, 0.2) is 0 Å². The van der Waals surface area contributed by atoms with Crippen LogP contribution in [-0.2, 0) is 19.0 Å². The van der Waals surface area contributed by atoms with E-state index in [2.05, 4.69) is 24.5 Å². The molecule has 0 bridgehead atoms. The van der Waals surface area contributed by atoms with Gasteiger partial charge in [0.05, 0.1) is 27.8 Å². The molecule has 0 aromatic carbocycles. The lowest BCUT2D eigenvalue weighted by molar-refractivity contribution is -0.140. The number of methoxy groups -OCH3 is 3. The fraction of sp³-hybridized carbons (Fsp3) is 0.357. The molecule has 0 radical (unpaired) electrons. The van der Waals surface area contributed by atoms with E-state index in [0.717, 1.165) is 14.2 Å². The summed E-state index contributed by atoms with van der Waals surface area (Å²) >= 11 is 0. The summed E-state index contributed by atoms with van der Waals surface area (Å²) in [7, 11) is 3.52. The number of nitrogens with one attached hydrogen (secondary N) is 1. The SMILES string of the molecule is COC(=O)CCNC(=O)c1cc(C(=O)OC)nc(C(=O)OC)c1. The highest BCUT2D eigenvalue weighted by atomic mass is 16.5. The number of carbonyl (C=O) groups is 4. The van der Waals surface area contributed by atoms with Crippen molar-refractivity contribution in [2.45, 2.75) is 6.42 Å². The second-order valence-electron chi connectivity index (χ2n) is 4.19. The summed E-state index contributed by atoms with van der Waals surface area (Å²) in [6.45, 7) is 0.0367. The second kappa shape index (κ2) is 8.47. The monoisotopic (exact) mass is 324 g/mol. The summed E-state index contributed by atoms with van der Waals surface area (Å²) in [6.07, 6.45) is -0.0129. The van der Waals surface area contributed by atoms with Gasteiger partial charge in [-0.3, -0.25) is 9.59 Å². The molecule has 23 heavy (non-hydrogen) atoms. The molecule has 0 saturated heterocycles. The minimum Gasteiger partial charge on any atom is -0.469 e. The Morgan fingerprint density at radius 3 is 1.91 bits per heavy atom. The van der Waals surface area contributed by atoms with E-state index >= 15 is 0 Å². The average Bonchev–Trinajstić information content (AvgIpc) is 2.59. The third-order valence-corrected chi connectivity index (χ3v) is 2.72. The number of hydrogen-bond acceptors (Lipinski definition) is 8. The lowest BCUT2D eigenvalue weighted by atomic mass is 10.1. The minimum atomic E-state index is -0.806. The van der Waals surface area contributed by atoms with Crippen LogP contribution in [0.2, 0.25) is 0 Å². The zero-order chi connectivity index (χ0) is 17.4. The van der Waals surface area contributed by atoms with Crippen molar-refractivity contribution in [2.24, 2.45) is 0 Å². The highest BCUT2D eigenvalue weighted by Gasteiger charge is 2.18. The number of hydrogen-bond donors (Lipinski definition) is 1. The molecule has 0 atom stereocenters. The highest BCUT2D eigenvalue weighted by molar-refractivity contribution is 6.00. The van der Waals surface area contributed by atoms with Gasteiger partial charge < -0.3 is 19.5 Å². The van der Waals surface area contributed by atoms with Crippen LogP contribution in [0.15, 0.2) is 12.1 Å². The molecular weight excluding hydrogens is 308 g/mol. The summed E-state index contributed by atoms with van der Waals surface area (Å²) < 4.78 is 13.5. The Kier molecular flexibility index (Phi) is 6.66. The smallest absolute Gasteiger partial charge is 0.356 e. The summed E-state index contributed by atoms with van der Waals surface area (Å²) in [5.74, 6) is -2.68. The number of pyridine rings is 1. The van der Waals surface area contributed by atoms with Gasteiger partial charge in [-0.25, -0.2) is 14.6 Å². The van der Waals surface area contributed by atoms with Crippen LogP contribution in [-0.4, -0.2) is 56.7 Å². The molecule has 0 saturated carbocycles. The Labute approximate surface area is 131 Å². The Bertz CT molecular complexity index is 593. The third kappa shape index (κ3) is 5.06. The van der Waals surface area contributed by atoms with E-state index in [9.17, 15) is 19.2 Å². The number of nitrogens with zero attached hydrogens (tertiary/aromatic N) is 1. The number of carbonyl (C=O) groups excluding carboxylic acids is 4. The Morgan fingerprint density at radius 1 is 0.957 bits per heavy atom. The van der Waals surface area contributed by atoms with Crippen molar-refractivity contribution >= 4 is 23.8 Å². The average molecular weight is 324 g/mol. The zero-order valence-corrected chi connectivity index (χ0v) is 12.9. The zero-order valence-electron chi connectivity index (χ0n) is 12.9. The van der Waals surface area contributed by atoms with Crippen LogP contribution in [0.1, 0.15) is 37.8 Å². The Morgan fingerprint density at radius 2 is 1.48 bits per heavy atom. The topological polar surface area (TPSA) is 121 Å². The molecule has 1 rings (SSSR count). The number of rotatable bonds is 6. The quantitative estimate of drug-likeness (QED) is 0.571. The van der Waals surface area contributed by atoms with Gasteiger partial charge in [0.25, 0.3) is 5.91 Å². The van der Waals surface area contributed by atoms with Crippen LogP contribution in [0.4, 0.5) is 0 Å². The first-order valence-corrected chi connectivity index (χ1v) is 6.46. The van der Waals surface area contributed by atoms with Gasteiger partial charge in [0.1, 0.15) is 11.4 Å². The van der Waals surface area contributed by atoms with Gasteiger partial charge in [0, 0.05) is 12.1 Å². The first-order valence-electron chi connectivity index (χ1n) is 6.46. The van der Waals surface area contributed by atoms with Crippen molar-refractivity contribution in [3.63, 3.8) is 0 Å². The van der Waals surface area contributed by atoms with E-state index < -0.39 is 23.8 Å². The van der Waals surface area contributed by atoms with Crippen LogP contribution in [0.25, 0.3) is 0 Å². The van der Waals surface area contributed by atoms with E-state index in [1.807, 2.05) is 0 Å². The molecule has 1 aromatic heterocycles. The van der Waals surface area contributed by atoms with Crippen molar-refractivity contribution in [3.8, 4) is 0 Å². The molecule has 0 aliphatic rings. The van der Waals surface area contributed by atoms with Gasteiger partial charge >= 0.3 is 17.9 Å². The van der Waals surface area contributed by atoms with Gasteiger partial charge in [-0.2, -0.15) is 0 Å². The highest BCUT2D eigenvalue weighted by Crippen LogP contribution is 2.09. The fourth-order valence-corrected chi connectivity index (χ4v) is 1.56. The first-order chi connectivity index (χ1) is 10.9. The minimum absolute atomic E-state index is 0.00525. The van der Waals surface area contributed by atoms with Crippen LogP contribution < -0.4 is 5.32 Å². The van der Waals surface area contributed by atoms with Gasteiger partial charge in [-0.1, -0.05) is 0 Å². The largest absolute Gasteiger partial charge is 0.469 e. The number of ether oxygens (including phenoxy) is 3. The first kappa shape index (κ1) is 18.1. The molecule has 0 aliphatic heterocycles. The maximum absolute atomic E-state index is 12.0. The molecule has 1 aromatic rings. The molecule has 1 amide bonds. The molecule has 0 aliphatic carbocycles. The van der Waals surface area contributed by atoms with E-state index in [1.54, 1.807) is 0 Å². The predicted octanol–water partition coefficient (Wildman–Crippen LogP) is -0.0523. The van der Waals surface area contributed by atoms with Crippen molar-refractivity contribution < 1.29 is 33.4 Å². The third-order valence-electron chi connectivity index (χ3n) is 2.72. The molecule has 0 unspecified atom stereocenters. The second-order valence-corrected chi connectivity index (χ2v) is 4.19. The van der Waals surface area contributed by atoms with Crippen LogP contribution in [0.3, 0.4) is 0 Å². The van der Waals surface area contributed by atoms with E-state index in [1.165, 1.54) is 19.2 Å². The lowest BCUT2D eigenvalue weighted by Crippen LogP contribution is -2.27. The van der Waals surface area contributed by atoms with Crippen molar-refractivity contribution in [2.75, 3.05) is 27.9 Å². The van der Waals surface area contributed by atoms with Gasteiger partial charge in [0.2, 0.25) is 0 Å². The Balaban J connectivity index is 2.99. The Hall–Kier alpha value is -2.97. The number of esters is 3. The molecule has 0 spiro atoms. The normalized spacial score (nSPS) is 9.70. The van der Waals surface area contributed by atoms with Crippen molar-refractivity contribution in [3.05, 3.63) is 29.1 Å². The fourth-order valence-electron chi connectivity index (χ4n) is 1.56. The van der Waals surface area contributed by atoms with E-state index in [0.29, 0.717) is 0 Å². The maximum atomic E-state index is 12.0. The molecular formula is C14H16N2O7. The number of aromatic nitrogens is 1. The molecule has 124 valence electrons. The van der Waals surface area contributed by atoms with Gasteiger partial charge in [-0.05, 0) is 12.1 Å². The van der Waals surface area contributed by atoms with Crippen LogP contribution in [0, 0.1) is 0 Å². The van der Waals surface area contributed by atoms with Crippen LogP contribution in [0.5, 0.6) is 0 Å². The molecule has 9 heteroatoms. The molecule has 1 heterocycles. The van der Waals surface area contributed by atoms with E-state index in [-0.39, 0.29) is 29.9 Å². The van der Waals surface area contributed by atoms with Crippen molar-refractivity contribution in [1.29, 1.82) is 0 Å². The predicted molar refractivity (Wildman–Crippen MR) is 75.9 cm³/mol. The molecule has 1 N–H and O–H groups in total. The number of amides is 1. The summed E-state index contributed by atoms with van der Waals surface area (Å²) in [6, 6.07) is 2.34. The van der Waals surface area contributed by atoms with Gasteiger partial charge in [-0.15, -0.1) is 0 Å². The summed E-state index contributed by atoms with van der Waals surface area (Å²) in [4.78, 5) is 49.9. The molecule has 9 nitrogen and oxygen atoms in total. The molecule has 0 fully saturated rings. The van der Waals surface area contributed by atoms with Crippen LogP contribution >= 0.6 is 0 Å². The summed E-state index contributed by atoms with van der Waals surface area (Å²) in [5, 5.41) is 2.46. The lowest BCUT2D eigenvalue weighted by Gasteiger charge is -2.08. The van der Waals surface area contributed by atoms with E-state index in [4.69, 9.17) is 0 Å². The maximum Gasteiger partial charge on any atom is 0.356 e. The summed E-state index contributed by atoms with van der Waals surface area (Å²) in [5.41, 5.74) is -0.423. The van der Waals surface area contributed by atoms with Crippen molar-refractivity contribution in [1.82, 2.24) is 10.3 Å². The standard InChI is InChI=1S/C14H16N2O7/c1-21-11(17)4-5-15-12(18)8-6-9(13(19)22-2)16-10(7-8)14(20)23-3/h6-7H,4-5H2,1-3H3,(H,15,18).